The van der Waals surface area contributed by atoms with Crippen molar-refractivity contribution < 1.29 is 4.79 Å². The maximum Gasteiger partial charge on any atom is 0.188 e. The predicted molar refractivity (Wildman–Crippen MR) is 80.6 cm³/mol. The van der Waals surface area contributed by atoms with Crippen LogP contribution in [0.2, 0.25) is 0 Å². The minimum Gasteiger partial charge on any atom is -0.377 e. The van der Waals surface area contributed by atoms with Gasteiger partial charge in [0.15, 0.2) is 5.78 Å². The third-order valence-corrected chi connectivity index (χ3v) is 3.70. The smallest absolute Gasteiger partial charge is 0.188 e. The lowest BCUT2D eigenvalue weighted by molar-refractivity contribution is 0.104. The van der Waals surface area contributed by atoms with E-state index in [1.807, 2.05) is 36.5 Å². The molecule has 1 fully saturated rings. The number of benzene rings is 1. The van der Waals surface area contributed by atoms with Crippen molar-refractivity contribution in [1.29, 1.82) is 0 Å². The minimum atomic E-state index is 0.0221. The highest BCUT2D eigenvalue weighted by Crippen LogP contribution is 2.14. The second-order valence-corrected chi connectivity index (χ2v) is 5.19. The van der Waals surface area contributed by atoms with E-state index in [1.165, 1.54) is 19.3 Å². The molecule has 20 heavy (non-hydrogen) atoms. The molecule has 1 saturated heterocycles. The molecule has 2 heterocycles. The summed E-state index contributed by atoms with van der Waals surface area (Å²) in [6, 6.07) is 9.75. The van der Waals surface area contributed by atoms with Crippen molar-refractivity contribution in [1.82, 2.24) is 9.88 Å². The molecule has 0 atom stereocenters. The molecule has 0 bridgehead atoms. The van der Waals surface area contributed by atoms with Gasteiger partial charge in [0.2, 0.25) is 0 Å². The Kier molecular flexibility index (Phi) is 3.77. The van der Waals surface area contributed by atoms with Crippen LogP contribution in [-0.2, 0) is 0 Å². The van der Waals surface area contributed by atoms with Crippen LogP contribution in [-0.4, -0.2) is 28.8 Å². The van der Waals surface area contributed by atoms with Gasteiger partial charge in [-0.05, 0) is 31.4 Å². The van der Waals surface area contributed by atoms with E-state index < -0.39 is 0 Å². The van der Waals surface area contributed by atoms with Gasteiger partial charge in [-0.3, -0.25) is 9.78 Å². The Hall–Kier alpha value is -2.16. The van der Waals surface area contributed by atoms with Gasteiger partial charge in [0.1, 0.15) is 0 Å². The zero-order valence-electron chi connectivity index (χ0n) is 11.5. The molecule has 102 valence electrons. The average Bonchev–Trinajstić information content (AvgIpc) is 2.53. The molecule has 0 unspecified atom stereocenters. The van der Waals surface area contributed by atoms with E-state index in [0.717, 1.165) is 24.0 Å². The third kappa shape index (κ3) is 2.87. The predicted octanol–water partition coefficient (Wildman–Crippen LogP) is 3.42. The molecule has 0 spiro atoms. The van der Waals surface area contributed by atoms with Crippen molar-refractivity contribution in [3.05, 3.63) is 54.4 Å². The van der Waals surface area contributed by atoms with Gasteiger partial charge in [-0.25, -0.2) is 0 Å². The molecule has 0 saturated carbocycles. The number of rotatable bonds is 3. The summed E-state index contributed by atoms with van der Waals surface area (Å²) in [4.78, 5) is 18.7. The fourth-order valence-electron chi connectivity index (χ4n) is 2.54. The van der Waals surface area contributed by atoms with E-state index in [4.69, 9.17) is 0 Å². The molecule has 0 amide bonds. The number of pyridine rings is 1. The van der Waals surface area contributed by atoms with Crippen LogP contribution >= 0.6 is 0 Å². The highest BCUT2D eigenvalue weighted by Gasteiger charge is 2.07. The van der Waals surface area contributed by atoms with Gasteiger partial charge in [0, 0.05) is 42.5 Å². The third-order valence-electron chi connectivity index (χ3n) is 3.70. The zero-order chi connectivity index (χ0) is 13.8. The Morgan fingerprint density at radius 1 is 1.15 bits per heavy atom. The molecule has 0 N–H and O–H groups in total. The zero-order valence-corrected chi connectivity index (χ0v) is 11.5. The van der Waals surface area contributed by atoms with Crippen LogP contribution in [0.5, 0.6) is 0 Å². The Labute approximate surface area is 118 Å². The van der Waals surface area contributed by atoms with Crippen LogP contribution in [0.4, 0.5) is 0 Å². The van der Waals surface area contributed by atoms with Crippen molar-refractivity contribution in [3.8, 4) is 0 Å². The first-order valence-corrected chi connectivity index (χ1v) is 7.14. The topological polar surface area (TPSA) is 33.2 Å². The molecule has 1 aromatic heterocycles. The molecule has 1 aromatic carbocycles. The van der Waals surface area contributed by atoms with Gasteiger partial charge < -0.3 is 4.90 Å². The van der Waals surface area contributed by atoms with Gasteiger partial charge in [0.25, 0.3) is 0 Å². The van der Waals surface area contributed by atoms with Crippen molar-refractivity contribution >= 4 is 16.7 Å². The SMILES string of the molecule is O=C(C=CN1CCCCC1)c1cnc2ccccc2c1. The normalized spacial score (nSPS) is 15.9. The highest BCUT2D eigenvalue weighted by atomic mass is 16.1. The number of aromatic nitrogens is 1. The maximum atomic E-state index is 12.2. The number of hydrogen-bond acceptors (Lipinski definition) is 3. The summed E-state index contributed by atoms with van der Waals surface area (Å²) in [5.74, 6) is 0.0221. The second kappa shape index (κ2) is 5.87. The fourth-order valence-corrected chi connectivity index (χ4v) is 2.54. The number of ketones is 1. The lowest BCUT2D eigenvalue weighted by Gasteiger charge is -2.24. The number of hydrogen-bond donors (Lipinski definition) is 0. The molecule has 1 aliphatic heterocycles. The van der Waals surface area contributed by atoms with Crippen molar-refractivity contribution in [3.63, 3.8) is 0 Å². The summed E-state index contributed by atoms with van der Waals surface area (Å²) in [6.07, 6.45) is 8.98. The first-order chi connectivity index (χ1) is 9.83. The number of likely N-dealkylation sites (tertiary alicyclic amines) is 1. The molecular weight excluding hydrogens is 248 g/mol. The molecular formula is C17H18N2O. The van der Waals surface area contributed by atoms with Gasteiger partial charge in [-0.2, -0.15) is 0 Å². The summed E-state index contributed by atoms with van der Waals surface area (Å²) in [5.41, 5.74) is 1.57. The summed E-state index contributed by atoms with van der Waals surface area (Å²) in [5, 5.41) is 1.00. The van der Waals surface area contributed by atoms with Gasteiger partial charge >= 0.3 is 0 Å². The van der Waals surface area contributed by atoms with Crippen molar-refractivity contribution in [2.45, 2.75) is 19.3 Å². The summed E-state index contributed by atoms with van der Waals surface area (Å²) in [7, 11) is 0. The van der Waals surface area contributed by atoms with Gasteiger partial charge in [0.05, 0.1) is 5.52 Å². The molecule has 0 aliphatic carbocycles. The highest BCUT2D eigenvalue weighted by molar-refractivity contribution is 6.05. The van der Waals surface area contributed by atoms with Crippen LogP contribution in [0.3, 0.4) is 0 Å². The summed E-state index contributed by atoms with van der Waals surface area (Å²) >= 11 is 0. The maximum absolute atomic E-state index is 12.2. The van der Waals surface area contributed by atoms with Crippen LogP contribution in [0.15, 0.2) is 48.8 Å². The van der Waals surface area contributed by atoms with Crippen molar-refractivity contribution in [2.24, 2.45) is 0 Å². The number of carbonyl (C=O) groups is 1. The van der Waals surface area contributed by atoms with E-state index in [2.05, 4.69) is 9.88 Å². The number of nitrogens with zero attached hydrogens (tertiary/aromatic N) is 2. The van der Waals surface area contributed by atoms with Gasteiger partial charge in [-0.1, -0.05) is 18.2 Å². The Morgan fingerprint density at radius 3 is 2.80 bits per heavy atom. The number of carbonyl (C=O) groups excluding carboxylic acids is 1. The van der Waals surface area contributed by atoms with E-state index in [0.29, 0.717) is 5.56 Å². The van der Waals surface area contributed by atoms with Crippen LogP contribution in [0, 0.1) is 0 Å². The second-order valence-electron chi connectivity index (χ2n) is 5.19. The molecule has 1 aliphatic rings. The van der Waals surface area contributed by atoms with E-state index in [1.54, 1.807) is 12.3 Å². The lowest BCUT2D eigenvalue weighted by Crippen LogP contribution is -2.24. The molecule has 2 aromatic rings. The number of fused-ring (bicyclic) bond motifs is 1. The Morgan fingerprint density at radius 2 is 1.95 bits per heavy atom. The average molecular weight is 266 g/mol. The lowest BCUT2D eigenvalue weighted by atomic mass is 10.1. The van der Waals surface area contributed by atoms with E-state index in [9.17, 15) is 4.79 Å². The number of para-hydroxylation sites is 1. The van der Waals surface area contributed by atoms with E-state index >= 15 is 0 Å². The van der Waals surface area contributed by atoms with Crippen LogP contribution in [0.1, 0.15) is 29.6 Å². The Bertz CT molecular complexity index is 642. The van der Waals surface area contributed by atoms with Crippen LogP contribution < -0.4 is 0 Å². The first kappa shape index (κ1) is 12.9. The summed E-state index contributed by atoms with van der Waals surface area (Å²) in [6.45, 7) is 2.11. The number of piperidine rings is 1. The minimum absolute atomic E-state index is 0.0221. The molecule has 3 heteroatoms. The quantitative estimate of drug-likeness (QED) is 0.630. The number of allylic oxidation sites excluding steroid dienone is 1. The largest absolute Gasteiger partial charge is 0.377 e. The summed E-state index contributed by atoms with van der Waals surface area (Å²) < 4.78 is 0. The van der Waals surface area contributed by atoms with Crippen molar-refractivity contribution in [2.75, 3.05) is 13.1 Å². The van der Waals surface area contributed by atoms with Crippen LogP contribution in [0.25, 0.3) is 10.9 Å². The Balaban J connectivity index is 1.76. The monoisotopic (exact) mass is 266 g/mol. The van der Waals surface area contributed by atoms with Gasteiger partial charge in [-0.15, -0.1) is 0 Å². The van der Waals surface area contributed by atoms with E-state index in [-0.39, 0.29) is 5.78 Å². The fraction of sp³-hybridized carbons (Fsp3) is 0.294. The molecule has 0 radical (unpaired) electrons. The standard InChI is InChI=1S/C17H18N2O/c20-17(8-11-19-9-4-1-5-10-19)15-12-14-6-2-3-7-16(14)18-13-15/h2-3,6-8,11-13H,1,4-5,9-10H2. The molecule has 3 nitrogen and oxygen atoms in total. The molecule has 3 rings (SSSR count). The first-order valence-electron chi connectivity index (χ1n) is 7.14.